The molecule has 1 aliphatic heterocycles. The summed E-state index contributed by atoms with van der Waals surface area (Å²) in [7, 11) is 0. The molecule has 0 amide bonds. The lowest BCUT2D eigenvalue weighted by molar-refractivity contribution is -0.390. The van der Waals surface area contributed by atoms with Crippen molar-refractivity contribution in [3.05, 3.63) is 20.8 Å². The summed E-state index contributed by atoms with van der Waals surface area (Å²) in [5, 5.41) is 14.6. The Morgan fingerprint density at radius 2 is 2.06 bits per heavy atom. The fourth-order valence-electron chi connectivity index (χ4n) is 2.26. The van der Waals surface area contributed by atoms with Gasteiger partial charge in [-0.15, -0.1) is 0 Å². The molecule has 0 atom stereocenters. The van der Waals surface area contributed by atoms with Crippen molar-refractivity contribution in [1.82, 2.24) is 14.7 Å². The first kappa shape index (κ1) is 13.5. The fraction of sp³-hybridized carbons (Fsp3) is 0.727. The molecular weight excluding hydrogens is 300 g/mol. The molecule has 1 aromatic heterocycles. The molecule has 1 aromatic rings. The highest BCUT2D eigenvalue weighted by atomic mass is 79.9. The van der Waals surface area contributed by atoms with Gasteiger partial charge in [0.15, 0.2) is 0 Å². The molecule has 18 heavy (non-hydrogen) atoms. The van der Waals surface area contributed by atoms with Crippen molar-refractivity contribution in [2.24, 2.45) is 0 Å². The van der Waals surface area contributed by atoms with Crippen molar-refractivity contribution in [3.63, 3.8) is 0 Å². The standard InChI is InChI=1S/C11H17BrN4O2/c12-10-9-15(13-11(10)16(17)18)8-4-7-14-5-2-1-3-6-14/h9H,1-8H2. The molecule has 0 N–H and O–H groups in total. The van der Waals surface area contributed by atoms with Gasteiger partial charge in [-0.25, -0.2) is 0 Å². The van der Waals surface area contributed by atoms with Gasteiger partial charge in [0.2, 0.25) is 0 Å². The Labute approximate surface area is 114 Å². The second-order valence-electron chi connectivity index (χ2n) is 4.58. The van der Waals surface area contributed by atoms with E-state index < -0.39 is 4.92 Å². The van der Waals surface area contributed by atoms with Gasteiger partial charge in [-0.3, -0.25) is 0 Å². The Hall–Kier alpha value is -0.950. The van der Waals surface area contributed by atoms with Crippen molar-refractivity contribution in [1.29, 1.82) is 0 Å². The maximum Gasteiger partial charge on any atom is 0.404 e. The summed E-state index contributed by atoms with van der Waals surface area (Å²) in [6.07, 6.45) is 6.58. The Morgan fingerprint density at radius 3 is 2.67 bits per heavy atom. The lowest BCUT2D eigenvalue weighted by Crippen LogP contribution is -2.31. The minimum absolute atomic E-state index is 0.104. The molecule has 1 aliphatic rings. The smallest absolute Gasteiger partial charge is 0.358 e. The number of nitrogens with zero attached hydrogens (tertiary/aromatic N) is 4. The Bertz CT molecular complexity index is 415. The van der Waals surface area contributed by atoms with Crippen LogP contribution >= 0.6 is 15.9 Å². The number of aromatic nitrogens is 2. The zero-order chi connectivity index (χ0) is 13.0. The lowest BCUT2D eigenvalue weighted by Gasteiger charge is -2.25. The topological polar surface area (TPSA) is 64.2 Å². The molecule has 1 fully saturated rings. The van der Waals surface area contributed by atoms with Crippen LogP contribution in [-0.2, 0) is 6.54 Å². The van der Waals surface area contributed by atoms with Gasteiger partial charge >= 0.3 is 5.82 Å². The van der Waals surface area contributed by atoms with E-state index in [2.05, 4.69) is 25.9 Å². The van der Waals surface area contributed by atoms with Crippen LogP contribution in [0.2, 0.25) is 0 Å². The third kappa shape index (κ3) is 3.52. The van der Waals surface area contributed by atoms with Crippen LogP contribution in [0.3, 0.4) is 0 Å². The quantitative estimate of drug-likeness (QED) is 0.618. The monoisotopic (exact) mass is 316 g/mol. The Balaban J connectivity index is 1.79. The van der Waals surface area contributed by atoms with E-state index >= 15 is 0 Å². The Kier molecular flexibility index (Phi) is 4.71. The van der Waals surface area contributed by atoms with E-state index in [9.17, 15) is 10.1 Å². The number of likely N-dealkylation sites (tertiary alicyclic amines) is 1. The van der Waals surface area contributed by atoms with Gasteiger partial charge in [0.25, 0.3) is 0 Å². The summed E-state index contributed by atoms with van der Waals surface area (Å²) < 4.78 is 2.09. The van der Waals surface area contributed by atoms with Crippen LogP contribution in [-0.4, -0.2) is 39.2 Å². The van der Waals surface area contributed by atoms with Gasteiger partial charge in [-0.2, -0.15) is 4.68 Å². The summed E-state index contributed by atoms with van der Waals surface area (Å²) in [5.74, 6) is -0.104. The van der Waals surface area contributed by atoms with Gasteiger partial charge in [0.1, 0.15) is 4.47 Å². The molecule has 0 spiro atoms. The predicted octanol–water partition coefficient (Wildman–Crippen LogP) is 2.43. The van der Waals surface area contributed by atoms with Gasteiger partial charge in [0, 0.05) is 0 Å². The van der Waals surface area contributed by atoms with Crippen LogP contribution < -0.4 is 0 Å². The van der Waals surface area contributed by atoms with Crippen molar-refractivity contribution >= 4 is 21.7 Å². The average molecular weight is 317 g/mol. The molecule has 0 aromatic carbocycles. The molecule has 7 heteroatoms. The van der Waals surface area contributed by atoms with Crippen LogP contribution in [0.4, 0.5) is 5.82 Å². The molecule has 2 rings (SSSR count). The number of hydrogen-bond donors (Lipinski definition) is 0. The zero-order valence-electron chi connectivity index (χ0n) is 10.2. The van der Waals surface area contributed by atoms with E-state index in [4.69, 9.17) is 0 Å². The number of halogens is 1. The second kappa shape index (κ2) is 6.29. The fourth-order valence-corrected chi connectivity index (χ4v) is 2.72. The molecule has 6 nitrogen and oxygen atoms in total. The number of nitro groups is 1. The molecule has 0 aliphatic carbocycles. The predicted molar refractivity (Wildman–Crippen MR) is 71.5 cm³/mol. The summed E-state index contributed by atoms with van der Waals surface area (Å²) in [4.78, 5) is 12.6. The first-order chi connectivity index (χ1) is 8.66. The van der Waals surface area contributed by atoms with E-state index in [1.54, 1.807) is 10.9 Å². The molecule has 0 saturated carbocycles. The molecular formula is C11H17BrN4O2. The van der Waals surface area contributed by atoms with Gasteiger partial charge in [0.05, 0.1) is 17.8 Å². The third-order valence-electron chi connectivity index (χ3n) is 3.18. The maximum absolute atomic E-state index is 10.6. The normalized spacial score (nSPS) is 16.9. The average Bonchev–Trinajstić information content (AvgIpc) is 2.72. The third-order valence-corrected chi connectivity index (χ3v) is 3.74. The largest absolute Gasteiger partial charge is 0.404 e. The molecule has 0 bridgehead atoms. The van der Waals surface area contributed by atoms with Crippen LogP contribution in [0.5, 0.6) is 0 Å². The highest BCUT2D eigenvalue weighted by Gasteiger charge is 2.18. The Morgan fingerprint density at radius 1 is 1.33 bits per heavy atom. The minimum Gasteiger partial charge on any atom is -0.358 e. The number of rotatable bonds is 5. The van der Waals surface area contributed by atoms with Crippen molar-refractivity contribution < 1.29 is 4.92 Å². The van der Waals surface area contributed by atoms with E-state index in [0.717, 1.165) is 19.5 Å². The minimum atomic E-state index is -0.467. The highest BCUT2D eigenvalue weighted by molar-refractivity contribution is 9.10. The lowest BCUT2D eigenvalue weighted by atomic mass is 10.1. The van der Waals surface area contributed by atoms with Gasteiger partial charge in [-0.1, -0.05) is 6.42 Å². The van der Waals surface area contributed by atoms with Crippen LogP contribution in [0.25, 0.3) is 0 Å². The molecule has 1 saturated heterocycles. The molecule has 100 valence electrons. The first-order valence-corrected chi connectivity index (χ1v) is 7.06. The van der Waals surface area contributed by atoms with Crippen LogP contribution in [0, 0.1) is 10.1 Å². The summed E-state index contributed by atoms with van der Waals surface area (Å²) in [6, 6.07) is 0. The maximum atomic E-state index is 10.6. The summed E-state index contributed by atoms with van der Waals surface area (Å²) >= 11 is 3.15. The van der Waals surface area contributed by atoms with Gasteiger partial charge < -0.3 is 15.0 Å². The number of aryl methyl sites for hydroxylation is 1. The molecule has 2 heterocycles. The zero-order valence-corrected chi connectivity index (χ0v) is 11.8. The molecule has 0 radical (unpaired) electrons. The van der Waals surface area contributed by atoms with Crippen LogP contribution in [0.15, 0.2) is 10.7 Å². The highest BCUT2D eigenvalue weighted by Crippen LogP contribution is 2.22. The molecule has 0 unspecified atom stereocenters. The van der Waals surface area contributed by atoms with Crippen molar-refractivity contribution in [2.75, 3.05) is 19.6 Å². The van der Waals surface area contributed by atoms with E-state index in [1.807, 2.05) is 0 Å². The van der Waals surface area contributed by atoms with Crippen molar-refractivity contribution in [3.8, 4) is 0 Å². The number of piperidine rings is 1. The van der Waals surface area contributed by atoms with E-state index in [0.29, 0.717) is 4.47 Å². The SMILES string of the molecule is O=[N+]([O-])c1nn(CCCN2CCCCC2)cc1Br. The van der Waals surface area contributed by atoms with E-state index in [-0.39, 0.29) is 5.82 Å². The second-order valence-corrected chi connectivity index (χ2v) is 5.43. The first-order valence-electron chi connectivity index (χ1n) is 6.26. The van der Waals surface area contributed by atoms with Crippen molar-refractivity contribution in [2.45, 2.75) is 32.2 Å². The number of hydrogen-bond acceptors (Lipinski definition) is 4. The van der Waals surface area contributed by atoms with Crippen LogP contribution in [0.1, 0.15) is 25.7 Å². The summed E-state index contributed by atoms with van der Waals surface area (Å²) in [6.45, 7) is 4.14. The summed E-state index contributed by atoms with van der Waals surface area (Å²) in [5.41, 5.74) is 0. The van der Waals surface area contributed by atoms with E-state index in [1.165, 1.54) is 32.4 Å². The van der Waals surface area contributed by atoms with Gasteiger partial charge in [-0.05, 0) is 59.7 Å².